The minimum atomic E-state index is 1.24. The molecule has 0 heterocycles. The molecule has 0 radical (unpaired) electrons. The van der Waals surface area contributed by atoms with E-state index in [1.165, 1.54) is 59.9 Å². The van der Waals surface area contributed by atoms with Gasteiger partial charge in [0, 0.05) is 0 Å². The van der Waals surface area contributed by atoms with Crippen LogP contribution in [0.1, 0.15) is 0 Å². The molecule has 0 nitrogen and oxygen atoms in total. The van der Waals surface area contributed by atoms with E-state index in [-0.39, 0.29) is 0 Å². The van der Waals surface area contributed by atoms with Gasteiger partial charge in [0.2, 0.25) is 0 Å². The van der Waals surface area contributed by atoms with Crippen LogP contribution < -0.4 is 5.30 Å². The maximum absolute atomic E-state index is 3.05. The normalized spacial score (nSPS) is 11.4. The molecule has 6 rings (SSSR count). The molecule has 6 aromatic rings. The predicted octanol–water partition coefficient (Wildman–Crippen LogP) is 7.98. The maximum Gasteiger partial charge on any atom is -0.00212 e. The standard InChI is InChI=1S/C30H21P/c31-30-28(24-17-16-20-8-1-2-10-22(20)18-24)19-23-11-4-6-14-26(23)29(30)27-15-7-12-21-9-3-5-13-25(21)27/h1-19H,31H2. The van der Waals surface area contributed by atoms with Crippen LogP contribution in [0.25, 0.3) is 54.6 Å². The highest BCUT2D eigenvalue weighted by Gasteiger charge is 2.15. The topological polar surface area (TPSA) is 0 Å². The van der Waals surface area contributed by atoms with Gasteiger partial charge in [-0.15, -0.1) is 9.24 Å². The van der Waals surface area contributed by atoms with Crippen LogP contribution >= 0.6 is 9.24 Å². The van der Waals surface area contributed by atoms with Crippen molar-refractivity contribution in [2.45, 2.75) is 0 Å². The lowest BCUT2D eigenvalue weighted by Gasteiger charge is -2.18. The molecule has 0 bridgehead atoms. The van der Waals surface area contributed by atoms with E-state index in [2.05, 4.69) is 125 Å². The average molecular weight is 412 g/mol. The summed E-state index contributed by atoms with van der Waals surface area (Å²) < 4.78 is 0. The van der Waals surface area contributed by atoms with Crippen LogP contribution in [-0.4, -0.2) is 0 Å². The van der Waals surface area contributed by atoms with E-state index in [1.54, 1.807) is 0 Å². The molecule has 1 heteroatoms. The van der Waals surface area contributed by atoms with Crippen molar-refractivity contribution in [2.75, 3.05) is 0 Å². The highest BCUT2D eigenvalue weighted by molar-refractivity contribution is 7.28. The van der Waals surface area contributed by atoms with Crippen LogP contribution in [0.4, 0.5) is 0 Å². The Balaban J connectivity index is 1.71. The first-order chi connectivity index (χ1) is 15.3. The molecule has 0 saturated heterocycles. The summed E-state index contributed by atoms with van der Waals surface area (Å²) in [5.41, 5.74) is 5.08. The molecular formula is C30H21P. The Morgan fingerprint density at radius 1 is 0.419 bits per heavy atom. The zero-order valence-electron chi connectivity index (χ0n) is 17.0. The Hall–Kier alpha value is -3.47. The van der Waals surface area contributed by atoms with Gasteiger partial charge in [-0.05, 0) is 72.0 Å². The molecule has 0 aliphatic heterocycles. The Kier molecular flexibility index (Phi) is 4.34. The summed E-state index contributed by atoms with van der Waals surface area (Å²) in [6.45, 7) is 0. The number of rotatable bonds is 2. The van der Waals surface area contributed by atoms with E-state index in [0.717, 1.165) is 0 Å². The molecule has 1 atom stereocenters. The number of benzene rings is 6. The van der Waals surface area contributed by atoms with Gasteiger partial charge in [-0.2, -0.15) is 0 Å². The van der Waals surface area contributed by atoms with E-state index >= 15 is 0 Å². The van der Waals surface area contributed by atoms with Gasteiger partial charge >= 0.3 is 0 Å². The van der Waals surface area contributed by atoms with Gasteiger partial charge in [-0.1, -0.05) is 103 Å². The fourth-order valence-electron chi connectivity index (χ4n) is 4.69. The lowest BCUT2D eigenvalue weighted by atomic mass is 9.90. The molecule has 0 aromatic heterocycles. The number of fused-ring (bicyclic) bond motifs is 3. The highest BCUT2D eigenvalue weighted by Crippen LogP contribution is 2.37. The van der Waals surface area contributed by atoms with Gasteiger partial charge < -0.3 is 0 Å². The SMILES string of the molecule is Pc1c(-c2ccc3ccccc3c2)cc2ccccc2c1-c1cccc2ccccc12. The summed E-state index contributed by atoms with van der Waals surface area (Å²) in [6.07, 6.45) is 0. The van der Waals surface area contributed by atoms with Gasteiger partial charge in [-0.25, -0.2) is 0 Å². The fourth-order valence-corrected chi connectivity index (χ4v) is 5.25. The second kappa shape index (κ2) is 7.34. The lowest BCUT2D eigenvalue weighted by molar-refractivity contribution is 1.68. The molecule has 0 N–H and O–H groups in total. The molecule has 0 saturated carbocycles. The molecule has 0 fully saturated rings. The molecule has 146 valence electrons. The number of hydrogen-bond acceptors (Lipinski definition) is 0. The minimum Gasteiger partial charge on any atom is -0.104 e. The monoisotopic (exact) mass is 412 g/mol. The van der Waals surface area contributed by atoms with Crippen LogP contribution in [-0.2, 0) is 0 Å². The van der Waals surface area contributed by atoms with Gasteiger partial charge in [0.05, 0.1) is 0 Å². The van der Waals surface area contributed by atoms with E-state index in [9.17, 15) is 0 Å². The van der Waals surface area contributed by atoms with E-state index in [0.29, 0.717) is 0 Å². The summed E-state index contributed by atoms with van der Waals surface area (Å²) in [5.74, 6) is 0. The van der Waals surface area contributed by atoms with Gasteiger partial charge in [-0.3, -0.25) is 0 Å². The zero-order valence-corrected chi connectivity index (χ0v) is 18.2. The van der Waals surface area contributed by atoms with Crippen molar-refractivity contribution in [3.05, 3.63) is 115 Å². The van der Waals surface area contributed by atoms with Crippen LogP contribution in [0.3, 0.4) is 0 Å². The van der Waals surface area contributed by atoms with Crippen molar-refractivity contribution in [2.24, 2.45) is 0 Å². The predicted molar refractivity (Wildman–Crippen MR) is 139 cm³/mol. The molecular weight excluding hydrogens is 391 g/mol. The van der Waals surface area contributed by atoms with Crippen LogP contribution in [0, 0.1) is 0 Å². The van der Waals surface area contributed by atoms with Gasteiger partial charge in [0.1, 0.15) is 0 Å². The highest BCUT2D eigenvalue weighted by atomic mass is 31.0. The molecule has 0 aliphatic rings. The largest absolute Gasteiger partial charge is 0.104 e. The van der Waals surface area contributed by atoms with Crippen LogP contribution in [0.15, 0.2) is 115 Å². The second-order valence-electron chi connectivity index (χ2n) is 8.02. The minimum absolute atomic E-state index is 1.24. The quantitative estimate of drug-likeness (QED) is 0.253. The second-order valence-corrected chi connectivity index (χ2v) is 8.60. The fraction of sp³-hybridized carbons (Fsp3) is 0. The lowest BCUT2D eigenvalue weighted by Crippen LogP contribution is -2.04. The molecule has 1 unspecified atom stereocenters. The molecule has 6 aromatic carbocycles. The Morgan fingerprint density at radius 2 is 1.06 bits per heavy atom. The third kappa shape index (κ3) is 3.03. The van der Waals surface area contributed by atoms with Crippen molar-refractivity contribution in [1.29, 1.82) is 0 Å². The van der Waals surface area contributed by atoms with E-state index in [1.807, 2.05) is 0 Å². The Morgan fingerprint density at radius 3 is 1.90 bits per heavy atom. The average Bonchev–Trinajstić information content (AvgIpc) is 2.83. The van der Waals surface area contributed by atoms with Crippen molar-refractivity contribution < 1.29 is 0 Å². The first kappa shape index (κ1) is 18.3. The first-order valence-electron chi connectivity index (χ1n) is 10.6. The number of hydrogen-bond donors (Lipinski definition) is 0. The molecule has 0 aliphatic carbocycles. The summed E-state index contributed by atoms with van der Waals surface area (Å²) in [4.78, 5) is 0. The van der Waals surface area contributed by atoms with E-state index in [4.69, 9.17) is 0 Å². The zero-order chi connectivity index (χ0) is 20.8. The van der Waals surface area contributed by atoms with Gasteiger partial charge in [0.25, 0.3) is 0 Å². The molecule has 0 amide bonds. The van der Waals surface area contributed by atoms with Gasteiger partial charge in [0.15, 0.2) is 0 Å². The van der Waals surface area contributed by atoms with Crippen LogP contribution in [0.5, 0.6) is 0 Å². The van der Waals surface area contributed by atoms with Crippen LogP contribution in [0.2, 0.25) is 0 Å². The Labute approximate surface area is 184 Å². The third-order valence-corrected chi connectivity index (χ3v) is 6.81. The first-order valence-corrected chi connectivity index (χ1v) is 11.2. The summed E-state index contributed by atoms with van der Waals surface area (Å²) in [7, 11) is 3.05. The summed E-state index contributed by atoms with van der Waals surface area (Å²) in [6, 6.07) is 41.7. The van der Waals surface area contributed by atoms with Crippen molar-refractivity contribution in [3.63, 3.8) is 0 Å². The molecule has 0 spiro atoms. The van der Waals surface area contributed by atoms with E-state index < -0.39 is 0 Å². The summed E-state index contributed by atoms with van der Waals surface area (Å²) >= 11 is 0. The molecule has 31 heavy (non-hydrogen) atoms. The van der Waals surface area contributed by atoms with Crippen molar-refractivity contribution >= 4 is 46.9 Å². The van der Waals surface area contributed by atoms with Crippen molar-refractivity contribution in [3.8, 4) is 22.3 Å². The summed E-state index contributed by atoms with van der Waals surface area (Å²) in [5, 5.41) is 8.88. The third-order valence-electron chi connectivity index (χ3n) is 6.21. The Bertz CT molecular complexity index is 1590. The maximum atomic E-state index is 3.05. The van der Waals surface area contributed by atoms with Crippen molar-refractivity contribution in [1.82, 2.24) is 0 Å². The smallest absolute Gasteiger partial charge is 0.00212 e.